The Morgan fingerprint density at radius 1 is 1.36 bits per heavy atom. The minimum Gasteiger partial charge on any atom is -0.375 e. The molecule has 0 aromatic carbocycles. The van der Waals surface area contributed by atoms with Crippen molar-refractivity contribution < 1.29 is 0 Å². The molecule has 0 aliphatic heterocycles. The molecular weight excluding hydrogens is 259 g/mol. The zero-order valence-electron chi connectivity index (χ0n) is 7.17. The number of halogens is 2. The molecule has 2 aromatic rings. The first-order valence-electron chi connectivity index (χ1n) is 3.76. The Balaban J connectivity index is 2.59. The smallest absolute Gasteiger partial charge is 0.180 e. The van der Waals surface area contributed by atoms with Crippen LogP contribution in [0.3, 0.4) is 0 Å². The number of hydrogen-bond acceptors (Lipinski definition) is 4. The van der Waals surface area contributed by atoms with Gasteiger partial charge in [0.25, 0.3) is 0 Å². The quantitative estimate of drug-likeness (QED) is 0.844. The van der Waals surface area contributed by atoms with Crippen molar-refractivity contribution in [1.82, 2.24) is 4.98 Å². The number of hydrogen-bond donors (Lipinski definition) is 1. The summed E-state index contributed by atoms with van der Waals surface area (Å²) in [5.41, 5.74) is 7.31. The third-order valence-corrected chi connectivity index (χ3v) is 4.01. The lowest BCUT2D eigenvalue weighted by Crippen LogP contribution is -1.82. The molecule has 0 saturated carbocycles. The molecule has 0 fully saturated rings. The Labute approximate surface area is 99.3 Å². The van der Waals surface area contributed by atoms with E-state index in [0.29, 0.717) is 13.8 Å². The first kappa shape index (κ1) is 10.2. The van der Waals surface area contributed by atoms with E-state index in [1.165, 1.54) is 22.7 Å². The van der Waals surface area contributed by atoms with Crippen LogP contribution in [0.1, 0.15) is 4.88 Å². The van der Waals surface area contributed by atoms with Gasteiger partial charge in [-0.15, -0.1) is 22.7 Å². The van der Waals surface area contributed by atoms with E-state index in [0.717, 1.165) is 16.1 Å². The lowest BCUT2D eigenvalue weighted by molar-refractivity contribution is 1.39. The predicted molar refractivity (Wildman–Crippen MR) is 64.6 cm³/mol. The van der Waals surface area contributed by atoms with Gasteiger partial charge < -0.3 is 5.73 Å². The standard InChI is InChI=1S/C8H6Cl2N2S2/c1-3-6(12-8(11)13-3)4-2-5(9)14-7(4)10/h2H,1H3,(H2,11,12). The first-order chi connectivity index (χ1) is 6.58. The summed E-state index contributed by atoms with van der Waals surface area (Å²) in [5, 5.41) is 0.552. The normalized spacial score (nSPS) is 10.8. The highest BCUT2D eigenvalue weighted by molar-refractivity contribution is 7.20. The monoisotopic (exact) mass is 264 g/mol. The fourth-order valence-electron chi connectivity index (χ4n) is 1.17. The van der Waals surface area contributed by atoms with Crippen molar-refractivity contribution in [3.05, 3.63) is 19.6 Å². The topological polar surface area (TPSA) is 38.9 Å². The maximum atomic E-state index is 6.02. The van der Waals surface area contributed by atoms with Crippen LogP contribution in [0.15, 0.2) is 6.07 Å². The van der Waals surface area contributed by atoms with Gasteiger partial charge in [0.05, 0.1) is 10.0 Å². The number of thiazole rings is 1. The molecule has 0 aliphatic carbocycles. The van der Waals surface area contributed by atoms with Gasteiger partial charge in [-0.3, -0.25) is 0 Å². The highest BCUT2D eigenvalue weighted by atomic mass is 35.5. The van der Waals surface area contributed by atoms with Gasteiger partial charge in [-0.1, -0.05) is 23.2 Å². The summed E-state index contributed by atoms with van der Waals surface area (Å²) >= 11 is 14.7. The molecule has 2 nitrogen and oxygen atoms in total. The molecule has 6 heteroatoms. The van der Waals surface area contributed by atoms with Gasteiger partial charge in [-0.25, -0.2) is 4.98 Å². The number of aryl methyl sites for hydroxylation is 1. The molecule has 0 bridgehead atoms. The Kier molecular flexibility index (Phi) is 2.70. The molecule has 2 heterocycles. The van der Waals surface area contributed by atoms with E-state index in [-0.39, 0.29) is 0 Å². The molecule has 0 aliphatic rings. The van der Waals surface area contributed by atoms with Gasteiger partial charge >= 0.3 is 0 Å². The van der Waals surface area contributed by atoms with E-state index in [2.05, 4.69) is 4.98 Å². The Morgan fingerprint density at radius 2 is 2.07 bits per heavy atom. The van der Waals surface area contributed by atoms with Crippen LogP contribution < -0.4 is 5.73 Å². The molecule has 2 N–H and O–H groups in total. The van der Waals surface area contributed by atoms with Gasteiger partial charge in [0, 0.05) is 10.4 Å². The molecule has 0 spiro atoms. The van der Waals surface area contributed by atoms with Crippen LogP contribution in [0.25, 0.3) is 11.3 Å². The second-order valence-corrected chi connectivity index (χ2v) is 6.22. The molecule has 0 atom stereocenters. The molecule has 2 rings (SSSR count). The van der Waals surface area contributed by atoms with E-state index < -0.39 is 0 Å². The van der Waals surface area contributed by atoms with E-state index in [1.54, 1.807) is 0 Å². The largest absolute Gasteiger partial charge is 0.375 e. The molecule has 74 valence electrons. The van der Waals surface area contributed by atoms with Crippen molar-refractivity contribution in [2.45, 2.75) is 6.92 Å². The van der Waals surface area contributed by atoms with E-state index in [4.69, 9.17) is 28.9 Å². The van der Waals surface area contributed by atoms with Gasteiger partial charge in [-0.2, -0.15) is 0 Å². The van der Waals surface area contributed by atoms with Crippen molar-refractivity contribution in [3.8, 4) is 11.3 Å². The Hall–Kier alpha value is -0.290. The van der Waals surface area contributed by atoms with Crippen molar-refractivity contribution >= 4 is 51.0 Å². The molecule has 0 radical (unpaired) electrons. The van der Waals surface area contributed by atoms with Crippen LogP contribution >= 0.6 is 45.9 Å². The number of thiophene rings is 1. The molecule has 2 aromatic heterocycles. The van der Waals surface area contributed by atoms with Gasteiger partial charge in [0.15, 0.2) is 5.13 Å². The highest BCUT2D eigenvalue weighted by Crippen LogP contribution is 2.40. The number of rotatable bonds is 1. The van der Waals surface area contributed by atoms with Crippen LogP contribution in [0, 0.1) is 6.92 Å². The lowest BCUT2D eigenvalue weighted by Gasteiger charge is -1.93. The van der Waals surface area contributed by atoms with Crippen molar-refractivity contribution in [3.63, 3.8) is 0 Å². The first-order valence-corrected chi connectivity index (χ1v) is 6.15. The number of anilines is 1. The van der Waals surface area contributed by atoms with Crippen molar-refractivity contribution in [2.24, 2.45) is 0 Å². The number of aromatic nitrogens is 1. The van der Waals surface area contributed by atoms with Crippen molar-refractivity contribution in [2.75, 3.05) is 5.73 Å². The van der Waals surface area contributed by atoms with Crippen LogP contribution in [-0.2, 0) is 0 Å². The van der Waals surface area contributed by atoms with E-state index in [1.807, 2.05) is 13.0 Å². The third kappa shape index (κ3) is 1.75. The van der Waals surface area contributed by atoms with Crippen LogP contribution in [0.4, 0.5) is 5.13 Å². The summed E-state index contributed by atoms with van der Waals surface area (Å²) in [6, 6.07) is 1.82. The van der Waals surface area contributed by atoms with Gasteiger partial charge in [0.2, 0.25) is 0 Å². The zero-order chi connectivity index (χ0) is 10.3. The van der Waals surface area contributed by atoms with Crippen LogP contribution in [-0.4, -0.2) is 4.98 Å². The summed E-state index contributed by atoms with van der Waals surface area (Å²) in [6.07, 6.45) is 0. The van der Waals surface area contributed by atoms with E-state index >= 15 is 0 Å². The maximum absolute atomic E-state index is 6.02. The minimum atomic E-state index is 0.552. The second kappa shape index (κ2) is 3.70. The summed E-state index contributed by atoms with van der Waals surface area (Å²) < 4.78 is 1.32. The molecule has 0 unspecified atom stereocenters. The second-order valence-electron chi connectivity index (χ2n) is 2.69. The Bertz CT molecular complexity index is 431. The molecule has 14 heavy (non-hydrogen) atoms. The Morgan fingerprint density at radius 3 is 2.50 bits per heavy atom. The third-order valence-electron chi connectivity index (χ3n) is 1.72. The van der Waals surface area contributed by atoms with Gasteiger partial charge in [-0.05, 0) is 13.0 Å². The van der Waals surface area contributed by atoms with Crippen LogP contribution in [0.5, 0.6) is 0 Å². The maximum Gasteiger partial charge on any atom is 0.180 e. The summed E-state index contributed by atoms with van der Waals surface area (Å²) in [5.74, 6) is 0. The summed E-state index contributed by atoms with van der Waals surface area (Å²) in [7, 11) is 0. The lowest BCUT2D eigenvalue weighted by atomic mass is 10.2. The number of nitrogens with two attached hydrogens (primary N) is 1. The number of nitrogens with zero attached hydrogens (tertiary/aromatic N) is 1. The highest BCUT2D eigenvalue weighted by Gasteiger charge is 2.14. The fraction of sp³-hybridized carbons (Fsp3) is 0.125. The fourth-order valence-corrected chi connectivity index (χ4v) is 3.34. The average Bonchev–Trinajstić information content (AvgIpc) is 2.55. The van der Waals surface area contributed by atoms with Crippen LogP contribution in [0.2, 0.25) is 8.67 Å². The average molecular weight is 265 g/mol. The van der Waals surface area contributed by atoms with Gasteiger partial charge in [0.1, 0.15) is 4.34 Å². The molecule has 0 saturated heterocycles. The van der Waals surface area contributed by atoms with Crippen molar-refractivity contribution in [1.29, 1.82) is 0 Å². The summed E-state index contributed by atoms with van der Waals surface area (Å²) in [4.78, 5) is 5.27. The molecular formula is C8H6Cl2N2S2. The predicted octanol–water partition coefficient (Wildman–Crippen LogP) is 4.07. The zero-order valence-corrected chi connectivity index (χ0v) is 10.3. The number of nitrogen functional groups attached to an aromatic ring is 1. The summed E-state index contributed by atoms with van der Waals surface area (Å²) in [6.45, 7) is 1.96. The van der Waals surface area contributed by atoms with E-state index in [9.17, 15) is 0 Å². The minimum absolute atomic E-state index is 0.552. The SMILES string of the molecule is Cc1sc(N)nc1-c1cc(Cl)sc1Cl. The molecule has 0 amide bonds.